The van der Waals surface area contributed by atoms with Gasteiger partial charge in [0.2, 0.25) is 5.91 Å². The van der Waals surface area contributed by atoms with E-state index in [-0.39, 0.29) is 18.7 Å². The van der Waals surface area contributed by atoms with Crippen LogP contribution in [0.1, 0.15) is 60.8 Å². The van der Waals surface area contributed by atoms with Gasteiger partial charge in [-0.25, -0.2) is 14.5 Å². The normalized spacial score (nSPS) is 16.5. The number of cyclic esters (lactones) is 1. The van der Waals surface area contributed by atoms with Crippen molar-refractivity contribution < 1.29 is 29.0 Å². The predicted octanol–water partition coefficient (Wildman–Crippen LogP) is 5.12. The van der Waals surface area contributed by atoms with E-state index in [2.05, 4.69) is 15.3 Å². The van der Waals surface area contributed by atoms with Gasteiger partial charge in [-0.05, 0) is 37.1 Å². The number of nitrogens with one attached hydrogen (secondary N) is 1. The van der Waals surface area contributed by atoms with E-state index < -0.39 is 41.9 Å². The number of aliphatic imine (C=N–C) groups is 1. The maximum absolute atomic E-state index is 13.4. The highest BCUT2D eigenvalue weighted by Gasteiger charge is 2.41. The number of amides is 3. The van der Waals surface area contributed by atoms with Gasteiger partial charge in [0, 0.05) is 29.8 Å². The summed E-state index contributed by atoms with van der Waals surface area (Å²) >= 11 is 0. The Balaban J connectivity index is 1.58. The number of para-hydroxylation sites is 1. The molecular formula is C31H32N4O6. The minimum atomic E-state index is -1.26. The van der Waals surface area contributed by atoms with Crippen molar-refractivity contribution in [3.8, 4) is 0 Å². The largest absolute Gasteiger partial charge is 0.480 e. The molecule has 212 valence electrons. The molecular weight excluding hydrogens is 524 g/mol. The highest BCUT2D eigenvalue weighted by Crippen LogP contribution is 2.31. The smallest absolute Gasteiger partial charge is 0.417 e. The molecule has 2 N–H and O–H groups in total. The Hall–Kier alpha value is -4.86. The number of rotatable bonds is 11. The molecule has 0 aliphatic carbocycles. The third-order valence-corrected chi connectivity index (χ3v) is 6.92. The van der Waals surface area contributed by atoms with Crippen LogP contribution in [0.4, 0.5) is 10.5 Å². The fourth-order valence-corrected chi connectivity index (χ4v) is 4.91. The van der Waals surface area contributed by atoms with Crippen molar-refractivity contribution in [2.75, 3.05) is 11.9 Å². The molecule has 1 aliphatic rings. The first-order valence-electron chi connectivity index (χ1n) is 13.4. The average Bonchev–Trinajstić information content (AvgIpc) is 3.38. The summed E-state index contributed by atoms with van der Waals surface area (Å²) in [4.78, 5) is 60.9. The van der Waals surface area contributed by atoms with Gasteiger partial charge < -0.3 is 15.2 Å². The van der Waals surface area contributed by atoms with Crippen LogP contribution in [0.15, 0.2) is 84.0 Å². The molecule has 1 aromatic heterocycles. The number of aromatic nitrogens is 1. The molecule has 10 nitrogen and oxygen atoms in total. The Labute approximate surface area is 238 Å². The number of pyridine rings is 1. The summed E-state index contributed by atoms with van der Waals surface area (Å²) in [6, 6.07) is 19.2. The van der Waals surface area contributed by atoms with Crippen molar-refractivity contribution in [2.45, 2.75) is 45.2 Å². The maximum Gasteiger partial charge on any atom is 0.417 e. The van der Waals surface area contributed by atoms with Crippen LogP contribution in [-0.4, -0.2) is 57.2 Å². The number of hydrogen-bond donors (Lipinski definition) is 2. The zero-order valence-corrected chi connectivity index (χ0v) is 22.9. The second-order valence-electron chi connectivity index (χ2n) is 9.73. The zero-order chi connectivity index (χ0) is 29.4. The summed E-state index contributed by atoms with van der Waals surface area (Å²) < 4.78 is 5.19. The summed E-state index contributed by atoms with van der Waals surface area (Å²) in [5.41, 5.74) is 2.35. The monoisotopic (exact) mass is 556 g/mol. The minimum absolute atomic E-state index is 0.0354. The molecule has 3 atom stereocenters. The molecule has 2 aromatic carbocycles. The molecule has 0 saturated carbocycles. The predicted molar refractivity (Wildman–Crippen MR) is 153 cm³/mol. The summed E-state index contributed by atoms with van der Waals surface area (Å²) in [5.74, 6) is -2.79. The first-order chi connectivity index (χ1) is 19.8. The van der Waals surface area contributed by atoms with E-state index in [1.54, 1.807) is 49.4 Å². The van der Waals surface area contributed by atoms with Crippen molar-refractivity contribution in [3.05, 3.63) is 95.8 Å². The number of imide groups is 1. The summed E-state index contributed by atoms with van der Waals surface area (Å²) in [6.07, 6.45) is 1.58. The zero-order valence-electron chi connectivity index (χ0n) is 22.9. The molecule has 41 heavy (non-hydrogen) atoms. The van der Waals surface area contributed by atoms with Crippen LogP contribution in [0, 0.1) is 5.92 Å². The molecule has 1 aliphatic heterocycles. The van der Waals surface area contributed by atoms with Gasteiger partial charge in [-0.3, -0.25) is 19.6 Å². The van der Waals surface area contributed by atoms with Crippen LogP contribution < -0.4 is 5.32 Å². The number of carbonyl (C=O) groups is 4. The van der Waals surface area contributed by atoms with Crippen LogP contribution >= 0.6 is 0 Å². The topological polar surface area (TPSA) is 138 Å². The van der Waals surface area contributed by atoms with Gasteiger partial charge in [0.1, 0.15) is 18.3 Å². The third-order valence-electron chi connectivity index (χ3n) is 6.92. The number of carboxylic acid groups (broad SMARTS) is 1. The molecule has 10 heteroatoms. The molecule has 3 aromatic rings. The van der Waals surface area contributed by atoms with Gasteiger partial charge in [-0.1, -0.05) is 67.9 Å². The van der Waals surface area contributed by atoms with E-state index in [1.807, 2.05) is 37.3 Å². The van der Waals surface area contributed by atoms with E-state index in [9.17, 15) is 24.3 Å². The molecule has 3 amide bonds. The Morgan fingerprint density at radius 3 is 2.46 bits per heavy atom. The highest BCUT2D eigenvalue weighted by molar-refractivity contribution is 6.10. The lowest BCUT2D eigenvalue weighted by Gasteiger charge is -2.25. The van der Waals surface area contributed by atoms with Crippen LogP contribution in [-0.2, 0) is 14.3 Å². The van der Waals surface area contributed by atoms with Gasteiger partial charge in [-0.2, -0.15) is 0 Å². The van der Waals surface area contributed by atoms with Gasteiger partial charge in [-0.15, -0.1) is 0 Å². The lowest BCUT2D eigenvalue weighted by atomic mass is 9.90. The standard InChI is InChI=1S/C31H32N4O6/c1-3-11-22(18-27(36)35-26(19-41-31(35)40)21-12-5-4-6-13-21)28(30(38)39)33-20(2)23-14-7-8-15-24(23)34-29(37)25-16-9-10-17-32-25/h4-10,12-17,22,26,28H,3,11,18-19H2,1-2H3,(H,34,37)(H,38,39)/t22-,26+,28-/m1/s1. The van der Waals surface area contributed by atoms with Gasteiger partial charge in [0.05, 0.1) is 5.69 Å². The van der Waals surface area contributed by atoms with Crippen LogP contribution in [0.5, 0.6) is 0 Å². The summed E-state index contributed by atoms with van der Waals surface area (Å²) in [7, 11) is 0. The van der Waals surface area contributed by atoms with Crippen molar-refractivity contribution >= 4 is 35.3 Å². The van der Waals surface area contributed by atoms with Crippen LogP contribution in [0.3, 0.4) is 0 Å². The van der Waals surface area contributed by atoms with E-state index >= 15 is 0 Å². The van der Waals surface area contributed by atoms with Gasteiger partial charge in [0.15, 0.2) is 6.04 Å². The number of carboxylic acids is 1. The average molecular weight is 557 g/mol. The summed E-state index contributed by atoms with van der Waals surface area (Å²) in [5, 5.41) is 13.0. The second-order valence-corrected chi connectivity index (χ2v) is 9.73. The molecule has 0 bridgehead atoms. The molecule has 0 spiro atoms. The number of anilines is 1. The Kier molecular flexibility index (Phi) is 9.57. The lowest BCUT2D eigenvalue weighted by Crippen LogP contribution is -2.38. The third kappa shape index (κ3) is 7.02. The SMILES string of the molecule is CCC[C@H](CC(=O)N1C(=O)OC[C@H]1c1ccccc1)[C@@H](N=C(C)c1ccccc1NC(=O)c1ccccn1)C(=O)O. The Morgan fingerprint density at radius 1 is 1.07 bits per heavy atom. The van der Waals surface area contributed by atoms with E-state index in [0.29, 0.717) is 29.8 Å². The van der Waals surface area contributed by atoms with Crippen LogP contribution in [0.25, 0.3) is 0 Å². The van der Waals surface area contributed by atoms with E-state index in [1.165, 1.54) is 6.20 Å². The minimum Gasteiger partial charge on any atom is -0.480 e. The van der Waals surface area contributed by atoms with Gasteiger partial charge in [0.25, 0.3) is 5.91 Å². The molecule has 1 saturated heterocycles. The maximum atomic E-state index is 13.4. The quantitative estimate of drug-likeness (QED) is 0.313. The van der Waals surface area contributed by atoms with Crippen LogP contribution in [0.2, 0.25) is 0 Å². The fraction of sp³-hybridized carbons (Fsp3) is 0.290. The van der Waals surface area contributed by atoms with E-state index in [4.69, 9.17) is 4.74 Å². The number of aliphatic carboxylic acids is 1. The Bertz CT molecular complexity index is 1430. The second kappa shape index (κ2) is 13.5. The van der Waals surface area contributed by atoms with Gasteiger partial charge >= 0.3 is 12.1 Å². The van der Waals surface area contributed by atoms with Crippen molar-refractivity contribution in [2.24, 2.45) is 10.9 Å². The molecule has 0 unspecified atom stereocenters. The number of hydrogen-bond acceptors (Lipinski definition) is 7. The first-order valence-corrected chi connectivity index (χ1v) is 13.4. The number of nitrogens with zero attached hydrogens (tertiary/aromatic N) is 3. The number of ether oxygens (including phenoxy) is 1. The first kappa shape index (κ1) is 29.1. The Morgan fingerprint density at radius 2 is 1.78 bits per heavy atom. The lowest BCUT2D eigenvalue weighted by molar-refractivity contribution is -0.140. The fourth-order valence-electron chi connectivity index (χ4n) is 4.91. The number of benzene rings is 2. The highest BCUT2D eigenvalue weighted by atomic mass is 16.6. The van der Waals surface area contributed by atoms with Crippen molar-refractivity contribution in [1.29, 1.82) is 0 Å². The molecule has 1 fully saturated rings. The molecule has 4 rings (SSSR count). The van der Waals surface area contributed by atoms with E-state index in [0.717, 1.165) is 10.5 Å². The van der Waals surface area contributed by atoms with Crippen molar-refractivity contribution in [1.82, 2.24) is 9.88 Å². The molecule has 0 radical (unpaired) electrons. The number of carbonyl (C=O) groups excluding carboxylic acids is 3. The summed E-state index contributed by atoms with van der Waals surface area (Å²) in [6.45, 7) is 3.59. The van der Waals surface area contributed by atoms with Crippen molar-refractivity contribution in [3.63, 3.8) is 0 Å². The molecule has 2 heterocycles.